The van der Waals surface area contributed by atoms with Gasteiger partial charge in [-0.3, -0.25) is 0 Å². The number of fused-ring (bicyclic) bond motifs is 8. The summed E-state index contributed by atoms with van der Waals surface area (Å²) in [4.78, 5) is 14.0. The lowest BCUT2D eigenvalue weighted by Gasteiger charge is -2.29. The zero-order valence-electron chi connectivity index (χ0n) is 43.3. The smallest absolute Gasteiger partial charge is 0.264 e. The maximum Gasteiger partial charge on any atom is 0.264 e. The zero-order valence-corrected chi connectivity index (χ0v) is 49.8. The summed E-state index contributed by atoms with van der Waals surface area (Å²) < 4.78 is 27.5. The van der Waals surface area contributed by atoms with Crippen LogP contribution in [0.5, 0.6) is 23.0 Å². The fourth-order valence-corrected chi connectivity index (χ4v) is 11.2. The Kier molecular flexibility index (Phi) is 17.6. The van der Waals surface area contributed by atoms with Crippen LogP contribution in [-0.2, 0) is 21.7 Å². The third-order valence-electron chi connectivity index (χ3n) is 10.6. The van der Waals surface area contributed by atoms with Crippen molar-refractivity contribution in [3.8, 4) is 23.0 Å². The van der Waals surface area contributed by atoms with Crippen molar-refractivity contribution >= 4 is 117 Å². The first-order chi connectivity index (χ1) is 31.1. The molecule has 8 bridgehead atoms. The van der Waals surface area contributed by atoms with Gasteiger partial charge < -0.3 is 38.5 Å². The van der Waals surface area contributed by atoms with Crippen molar-refractivity contribution in [3.05, 3.63) is 70.8 Å². The number of ether oxygens (including phenoxy) is 4. The summed E-state index contributed by atoms with van der Waals surface area (Å²) in [5.74, 6) is 2.44. The number of thiocarbonyl (C=S) groups is 4. The molecular weight excluding hydrogens is 1000 g/mol. The topological polar surface area (TPSA) is 49.9 Å². The Morgan fingerprint density at radius 2 is 0.441 bits per heavy atom. The first-order valence-corrected chi connectivity index (χ1v) is 27.1. The second kappa shape index (κ2) is 21.4. The van der Waals surface area contributed by atoms with Crippen LogP contribution in [0.1, 0.15) is 105 Å². The summed E-state index contributed by atoms with van der Waals surface area (Å²) in [7, 11) is 15.1. The predicted molar refractivity (Wildman–Crippen MR) is 305 cm³/mol. The van der Waals surface area contributed by atoms with Gasteiger partial charge in [0.2, 0.25) is 0 Å². The van der Waals surface area contributed by atoms with E-state index in [4.69, 9.17) is 67.8 Å². The van der Waals surface area contributed by atoms with Crippen LogP contribution in [-0.4, -0.2) is 96.7 Å². The highest BCUT2D eigenvalue weighted by atomic mass is 32.2. The van der Waals surface area contributed by atoms with E-state index in [2.05, 4.69) is 132 Å². The molecule has 0 radical (unpaired) electrons. The van der Waals surface area contributed by atoms with Crippen LogP contribution in [0.2, 0.25) is 0 Å². The van der Waals surface area contributed by atoms with Crippen LogP contribution in [0.15, 0.2) is 87.7 Å². The van der Waals surface area contributed by atoms with E-state index in [1.165, 1.54) is 0 Å². The molecule has 68 heavy (non-hydrogen) atoms. The Morgan fingerprint density at radius 1 is 0.309 bits per heavy atom. The molecule has 368 valence electrons. The van der Waals surface area contributed by atoms with Gasteiger partial charge in [0.1, 0.15) is 0 Å². The van der Waals surface area contributed by atoms with E-state index >= 15 is 0 Å². The van der Waals surface area contributed by atoms with E-state index in [0.29, 0.717) is 43.7 Å². The van der Waals surface area contributed by atoms with Crippen LogP contribution < -0.4 is 18.9 Å². The van der Waals surface area contributed by atoms with Gasteiger partial charge in [-0.15, -0.1) is 0 Å². The van der Waals surface area contributed by atoms with Crippen LogP contribution in [0, 0.1) is 0 Å². The molecule has 0 saturated carbocycles. The van der Waals surface area contributed by atoms with E-state index in [-0.39, 0.29) is 21.7 Å². The lowest BCUT2D eigenvalue weighted by atomic mass is 9.87. The molecule has 0 aliphatic carbocycles. The number of hydrogen-bond donors (Lipinski definition) is 0. The van der Waals surface area contributed by atoms with E-state index in [9.17, 15) is 0 Å². The fraction of sp³-hybridized carbons (Fsp3) is 0.462. The molecule has 0 unspecified atom stereocenters. The standard InChI is InChI=1S/C52H68N4O4S8/c1-49(2,3)29-21-33-41(57-45(61)53(13)14)34(22-29)66-36-24-31(51(7,8)9)26-38(43(36)59-47(63)55(17)18)68-40-28-32(52(10,11)12)27-39(44(40)60-48(64)56(19)20)67-37-25-30(50(4,5)6)23-35(65-33)42(37)58-46(62)54(15)16/h21-28H,1-20H3. The Bertz CT molecular complexity index is 2170. The fourth-order valence-electron chi connectivity index (χ4n) is 6.24. The quantitative estimate of drug-likeness (QED) is 0.160. The van der Waals surface area contributed by atoms with E-state index in [1.807, 2.05) is 56.4 Å². The summed E-state index contributed by atoms with van der Waals surface area (Å²) >= 11 is 30.1. The Hall–Kier alpha value is -2.96. The Balaban J connectivity index is 2.12. The lowest BCUT2D eigenvalue weighted by molar-refractivity contribution is 0.430. The molecule has 1 aliphatic rings. The highest BCUT2D eigenvalue weighted by Gasteiger charge is 2.32. The number of nitrogens with zero attached hydrogens (tertiary/aromatic N) is 4. The number of benzene rings is 4. The van der Waals surface area contributed by atoms with Crippen molar-refractivity contribution in [2.24, 2.45) is 0 Å². The SMILES string of the molecule is CN(C)C(=S)Oc1c2cc(C(C)(C)C)cc1Sc1cc(C(C)(C)C)cc(c1OC(=S)N(C)C)Sc1cc(C(C)(C)C)cc(c1OC(=S)N(C)C)Sc1cc(C(C)(C)C)cc(c1OC(=S)N(C)C)S2. The van der Waals surface area contributed by atoms with Gasteiger partial charge >= 0.3 is 0 Å². The Labute approximate surface area is 445 Å². The van der Waals surface area contributed by atoms with Crippen LogP contribution in [0.4, 0.5) is 0 Å². The Morgan fingerprint density at radius 3 is 0.544 bits per heavy atom. The van der Waals surface area contributed by atoms with Crippen LogP contribution >= 0.6 is 95.9 Å². The van der Waals surface area contributed by atoms with E-state index < -0.39 is 0 Å². The third-order valence-corrected chi connectivity index (χ3v) is 16.6. The third kappa shape index (κ3) is 13.7. The summed E-state index contributed by atoms with van der Waals surface area (Å²) in [6, 6.07) is 17.7. The van der Waals surface area contributed by atoms with Crippen LogP contribution in [0.3, 0.4) is 0 Å². The minimum absolute atomic E-state index is 0.261. The molecule has 4 aromatic carbocycles. The van der Waals surface area contributed by atoms with Gasteiger partial charge in [-0.05, 0) is 141 Å². The molecule has 5 rings (SSSR count). The molecule has 0 atom stereocenters. The molecule has 0 fully saturated rings. The van der Waals surface area contributed by atoms with E-state index in [0.717, 1.165) is 61.4 Å². The minimum Gasteiger partial charge on any atom is -0.429 e. The second-order valence-corrected chi connectivity index (χ2v) is 27.4. The summed E-state index contributed by atoms with van der Waals surface area (Å²) in [5.41, 5.74) is 3.39. The minimum atomic E-state index is -0.261. The van der Waals surface area contributed by atoms with Gasteiger partial charge in [-0.1, -0.05) is 130 Å². The highest BCUT2D eigenvalue weighted by Crippen LogP contribution is 2.56. The molecule has 1 aliphatic heterocycles. The molecule has 1 heterocycles. The first kappa shape index (κ1) is 56.0. The van der Waals surface area contributed by atoms with Crippen molar-refractivity contribution in [1.82, 2.24) is 19.6 Å². The molecular formula is C52H68N4O4S8. The largest absolute Gasteiger partial charge is 0.429 e. The van der Waals surface area contributed by atoms with Gasteiger partial charge in [0.15, 0.2) is 23.0 Å². The van der Waals surface area contributed by atoms with Crippen molar-refractivity contribution in [2.75, 3.05) is 56.4 Å². The number of hydrogen-bond acceptors (Lipinski definition) is 12. The summed E-state index contributed by atoms with van der Waals surface area (Å²) in [6.07, 6.45) is 0. The molecule has 0 spiro atoms. The first-order valence-electron chi connectivity index (χ1n) is 22.2. The van der Waals surface area contributed by atoms with Gasteiger partial charge in [0, 0.05) is 56.4 Å². The molecule has 0 aromatic heterocycles. The second-order valence-electron chi connectivity index (χ2n) is 21.7. The average Bonchev–Trinajstić information content (AvgIpc) is 3.19. The van der Waals surface area contributed by atoms with E-state index in [1.54, 1.807) is 66.6 Å². The maximum atomic E-state index is 6.88. The van der Waals surface area contributed by atoms with Crippen molar-refractivity contribution in [3.63, 3.8) is 0 Å². The van der Waals surface area contributed by atoms with Gasteiger partial charge in [0.25, 0.3) is 20.7 Å². The predicted octanol–water partition coefficient (Wildman–Crippen LogP) is 14.7. The number of rotatable bonds is 4. The zero-order chi connectivity index (χ0) is 51.2. The molecule has 8 nitrogen and oxygen atoms in total. The van der Waals surface area contributed by atoms with Crippen molar-refractivity contribution in [2.45, 2.75) is 144 Å². The normalized spacial score (nSPS) is 13.0. The summed E-state index contributed by atoms with van der Waals surface area (Å²) in [6.45, 7) is 26.7. The van der Waals surface area contributed by atoms with Crippen LogP contribution in [0.25, 0.3) is 0 Å². The van der Waals surface area contributed by atoms with Gasteiger partial charge in [-0.2, -0.15) is 0 Å². The van der Waals surface area contributed by atoms with Gasteiger partial charge in [-0.25, -0.2) is 0 Å². The van der Waals surface area contributed by atoms with Gasteiger partial charge in [0.05, 0.1) is 39.2 Å². The average molecular weight is 1070 g/mol. The highest BCUT2D eigenvalue weighted by molar-refractivity contribution is 8.01. The van der Waals surface area contributed by atoms with Crippen molar-refractivity contribution in [1.29, 1.82) is 0 Å². The molecule has 0 saturated heterocycles. The van der Waals surface area contributed by atoms with Crippen molar-refractivity contribution < 1.29 is 18.9 Å². The maximum absolute atomic E-state index is 6.88. The monoisotopic (exact) mass is 1070 g/mol. The molecule has 0 N–H and O–H groups in total. The molecule has 0 amide bonds. The molecule has 16 heteroatoms. The summed E-state index contributed by atoms with van der Waals surface area (Å²) in [5, 5.41) is 1.27. The lowest BCUT2D eigenvalue weighted by Crippen LogP contribution is -2.26. The molecule has 4 aromatic rings.